The summed E-state index contributed by atoms with van der Waals surface area (Å²) in [5.74, 6) is 0.916. The maximum atomic E-state index is 5.51. The van der Waals surface area contributed by atoms with Crippen LogP contribution in [0.25, 0.3) is 11.0 Å². The van der Waals surface area contributed by atoms with Gasteiger partial charge in [-0.2, -0.15) is 0 Å². The molecule has 0 aliphatic carbocycles. The Balaban J connectivity index is 2.44. The highest BCUT2D eigenvalue weighted by Crippen LogP contribution is 2.24. The van der Waals surface area contributed by atoms with Crippen LogP contribution in [-0.4, -0.2) is 27.7 Å². The summed E-state index contributed by atoms with van der Waals surface area (Å²) in [7, 11) is 0. The van der Waals surface area contributed by atoms with Gasteiger partial charge in [0.05, 0.1) is 18.3 Å². The number of imidazole rings is 1. The third-order valence-corrected chi connectivity index (χ3v) is 2.69. The summed E-state index contributed by atoms with van der Waals surface area (Å²) in [6.07, 6.45) is 3.57. The number of fused-ring (bicyclic) bond motifs is 1. The molecule has 0 bridgehead atoms. The fraction of sp³-hybridized carbons (Fsp3) is 0.538. The molecule has 0 amide bonds. The molecule has 0 atom stereocenters. The Hall–Kier alpha value is -1.46. The Labute approximate surface area is 107 Å². The van der Waals surface area contributed by atoms with Crippen LogP contribution < -0.4 is 5.73 Å². The van der Waals surface area contributed by atoms with Crippen molar-refractivity contribution in [2.45, 2.75) is 32.9 Å². The second-order valence-corrected chi connectivity index (χ2v) is 5.24. The zero-order chi connectivity index (χ0) is 13.2. The van der Waals surface area contributed by atoms with E-state index in [2.05, 4.69) is 35.3 Å². The number of nitrogens with zero attached hydrogens (tertiary/aromatic N) is 3. The van der Waals surface area contributed by atoms with E-state index in [4.69, 9.17) is 10.5 Å². The SMILES string of the molecule is CC(C)(C)n1c(COCCN)nc2cnccc21. The van der Waals surface area contributed by atoms with Crippen LogP contribution in [0, 0.1) is 0 Å². The Morgan fingerprint density at radius 3 is 2.83 bits per heavy atom. The lowest BCUT2D eigenvalue weighted by Gasteiger charge is -2.24. The van der Waals surface area contributed by atoms with Gasteiger partial charge in [-0.3, -0.25) is 4.98 Å². The number of aromatic nitrogens is 3. The molecule has 5 heteroatoms. The molecule has 2 N–H and O–H groups in total. The second kappa shape index (κ2) is 5.04. The molecule has 2 aromatic rings. The third-order valence-electron chi connectivity index (χ3n) is 2.69. The summed E-state index contributed by atoms with van der Waals surface area (Å²) in [4.78, 5) is 8.69. The largest absolute Gasteiger partial charge is 0.372 e. The third kappa shape index (κ3) is 2.52. The lowest BCUT2D eigenvalue weighted by molar-refractivity contribution is 0.117. The van der Waals surface area contributed by atoms with E-state index in [-0.39, 0.29) is 5.54 Å². The maximum Gasteiger partial charge on any atom is 0.136 e. The van der Waals surface area contributed by atoms with E-state index in [0.29, 0.717) is 19.8 Å². The van der Waals surface area contributed by atoms with Crippen molar-refractivity contribution in [3.05, 3.63) is 24.3 Å². The fourth-order valence-electron chi connectivity index (χ4n) is 2.07. The van der Waals surface area contributed by atoms with Crippen LogP contribution in [0.15, 0.2) is 18.5 Å². The van der Waals surface area contributed by atoms with E-state index in [1.165, 1.54) is 0 Å². The van der Waals surface area contributed by atoms with E-state index in [1.807, 2.05) is 6.07 Å². The highest BCUT2D eigenvalue weighted by molar-refractivity contribution is 5.75. The normalized spacial score (nSPS) is 12.2. The van der Waals surface area contributed by atoms with Crippen molar-refractivity contribution in [3.63, 3.8) is 0 Å². The van der Waals surface area contributed by atoms with E-state index < -0.39 is 0 Å². The maximum absolute atomic E-state index is 5.51. The summed E-state index contributed by atoms with van der Waals surface area (Å²) in [5, 5.41) is 0. The van der Waals surface area contributed by atoms with Crippen molar-refractivity contribution in [2.24, 2.45) is 5.73 Å². The lowest BCUT2D eigenvalue weighted by atomic mass is 10.1. The van der Waals surface area contributed by atoms with Crippen molar-refractivity contribution >= 4 is 11.0 Å². The van der Waals surface area contributed by atoms with Crippen LogP contribution in [0.4, 0.5) is 0 Å². The van der Waals surface area contributed by atoms with Gasteiger partial charge in [0.15, 0.2) is 0 Å². The van der Waals surface area contributed by atoms with Crippen molar-refractivity contribution in [2.75, 3.05) is 13.2 Å². The molecule has 98 valence electrons. The van der Waals surface area contributed by atoms with Gasteiger partial charge in [0, 0.05) is 18.3 Å². The van der Waals surface area contributed by atoms with E-state index in [0.717, 1.165) is 16.9 Å². The van der Waals surface area contributed by atoms with E-state index >= 15 is 0 Å². The average molecular weight is 248 g/mol. The van der Waals surface area contributed by atoms with Crippen molar-refractivity contribution in [1.29, 1.82) is 0 Å². The second-order valence-electron chi connectivity index (χ2n) is 5.24. The van der Waals surface area contributed by atoms with Crippen LogP contribution in [0.3, 0.4) is 0 Å². The number of ether oxygens (including phenoxy) is 1. The van der Waals surface area contributed by atoms with Crippen LogP contribution in [0.5, 0.6) is 0 Å². The zero-order valence-corrected chi connectivity index (χ0v) is 11.2. The molecule has 0 unspecified atom stereocenters. The predicted molar refractivity (Wildman–Crippen MR) is 71.2 cm³/mol. The first-order chi connectivity index (χ1) is 8.54. The molecule has 2 heterocycles. The van der Waals surface area contributed by atoms with Crippen LogP contribution >= 0.6 is 0 Å². The van der Waals surface area contributed by atoms with Gasteiger partial charge in [-0.15, -0.1) is 0 Å². The predicted octanol–water partition coefficient (Wildman–Crippen LogP) is 1.66. The van der Waals surface area contributed by atoms with Gasteiger partial charge in [0.25, 0.3) is 0 Å². The first-order valence-corrected chi connectivity index (χ1v) is 6.13. The smallest absolute Gasteiger partial charge is 0.136 e. The molecule has 0 saturated heterocycles. The van der Waals surface area contributed by atoms with Crippen LogP contribution in [0.1, 0.15) is 26.6 Å². The van der Waals surface area contributed by atoms with Crippen LogP contribution in [-0.2, 0) is 16.9 Å². The lowest BCUT2D eigenvalue weighted by Crippen LogP contribution is -2.24. The van der Waals surface area contributed by atoms with E-state index in [1.54, 1.807) is 12.4 Å². The Bertz CT molecular complexity index is 527. The first-order valence-electron chi connectivity index (χ1n) is 6.13. The molecular formula is C13H20N4O. The molecule has 2 aromatic heterocycles. The summed E-state index contributed by atoms with van der Waals surface area (Å²) >= 11 is 0. The van der Waals surface area contributed by atoms with Gasteiger partial charge in [0.2, 0.25) is 0 Å². The highest BCUT2D eigenvalue weighted by atomic mass is 16.5. The van der Waals surface area contributed by atoms with Crippen molar-refractivity contribution < 1.29 is 4.74 Å². The van der Waals surface area contributed by atoms with Gasteiger partial charge >= 0.3 is 0 Å². The van der Waals surface area contributed by atoms with Gasteiger partial charge in [-0.25, -0.2) is 4.98 Å². The van der Waals surface area contributed by atoms with Crippen molar-refractivity contribution in [3.8, 4) is 0 Å². The molecule has 0 radical (unpaired) electrons. The minimum absolute atomic E-state index is 0.0441. The minimum Gasteiger partial charge on any atom is -0.372 e. The highest BCUT2D eigenvalue weighted by Gasteiger charge is 2.21. The Morgan fingerprint density at radius 1 is 1.39 bits per heavy atom. The number of hydrogen-bond acceptors (Lipinski definition) is 4. The Kier molecular flexibility index (Phi) is 3.63. The molecule has 5 nitrogen and oxygen atoms in total. The molecule has 0 aliphatic rings. The molecule has 0 fully saturated rings. The number of hydrogen-bond donors (Lipinski definition) is 1. The quantitative estimate of drug-likeness (QED) is 0.836. The number of nitrogens with two attached hydrogens (primary N) is 1. The molecule has 18 heavy (non-hydrogen) atoms. The fourth-order valence-corrected chi connectivity index (χ4v) is 2.07. The zero-order valence-electron chi connectivity index (χ0n) is 11.2. The Morgan fingerprint density at radius 2 is 2.17 bits per heavy atom. The van der Waals surface area contributed by atoms with Gasteiger partial charge < -0.3 is 15.0 Å². The summed E-state index contributed by atoms with van der Waals surface area (Å²) in [6, 6.07) is 1.99. The van der Waals surface area contributed by atoms with Gasteiger partial charge in [-0.05, 0) is 26.8 Å². The van der Waals surface area contributed by atoms with Crippen LogP contribution in [0.2, 0.25) is 0 Å². The minimum atomic E-state index is -0.0441. The van der Waals surface area contributed by atoms with Gasteiger partial charge in [0.1, 0.15) is 17.9 Å². The molecular weight excluding hydrogens is 228 g/mol. The number of rotatable bonds is 4. The van der Waals surface area contributed by atoms with Crippen molar-refractivity contribution in [1.82, 2.24) is 14.5 Å². The average Bonchev–Trinajstić information content (AvgIpc) is 2.67. The topological polar surface area (TPSA) is 66.0 Å². The summed E-state index contributed by atoms with van der Waals surface area (Å²) in [6.45, 7) is 8.01. The molecule has 0 saturated carbocycles. The standard InChI is InChI=1S/C13H20N4O/c1-13(2,3)17-11-4-6-15-8-10(11)16-12(17)9-18-7-5-14/h4,6,8H,5,7,9,14H2,1-3H3. The number of pyridine rings is 1. The van der Waals surface area contributed by atoms with Gasteiger partial charge in [-0.1, -0.05) is 0 Å². The molecule has 0 spiro atoms. The van der Waals surface area contributed by atoms with E-state index in [9.17, 15) is 0 Å². The molecule has 0 aliphatic heterocycles. The summed E-state index contributed by atoms with van der Waals surface area (Å²) in [5.41, 5.74) is 7.37. The molecule has 0 aromatic carbocycles. The monoisotopic (exact) mass is 248 g/mol. The molecule has 2 rings (SSSR count). The summed E-state index contributed by atoms with van der Waals surface area (Å²) < 4.78 is 7.70. The first kappa shape index (κ1) is 13.0.